The van der Waals surface area contributed by atoms with Crippen LogP contribution >= 0.6 is 0 Å². The van der Waals surface area contributed by atoms with E-state index in [1.165, 1.54) is 41.1 Å². The van der Waals surface area contributed by atoms with Crippen molar-refractivity contribution in [3.63, 3.8) is 0 Å². The maximum atomic E-state index is 16.4. The van der Waals surface area contributed by atoms with Gasteiger partial charge in [-0.2, -0.15) is 0 Å². The van der Waals surface area contributed by atoms with E-state index in [1.54, 1.807) is 31.2 Å². The van der Waals surface area contributed by atoms with E-state index in [9.17, 15) is 29.6 Å². The summed E-state index contributed by atoms with van der Waals surface area (Å²) in [6.07, 6.45) is 0.483. The average Bonchev–Trinajstić information content (AvgIpc) is 3.79. The lowest BCUT2D eigenvalue weighted by atomic mass is 9.82. The van der Waals surface area contributed by atoms with Crippen LogP contribution < -0.4 is 15.5 Å². The summed E-state index contributed by atoms with van der Waals surface area (Å²) in [6, 6.07) is 20.4. The van der Waals surface area contributed by atoms with Gasteiger partial charge in [0.1, 0.15) is 0 Å². The van der Waals surface area contributed by atoms with Gasteiger partial charge in [0, 0.05) is 47.9 Å². The van der Waals surface area contributed by atoms with Crippen LogP contribution in [0.4, 0.5) is 21.2 Å². The zero-order valence-electron chi connectivity index (χ0n) is 29.0. The molecule has 0 unspecified atom stereocenters. The molecule has 0 saturated carbocycles. The maximum absolute atomic E-state index is 16.4. The molecule has 0 bridgehead atoms. The van der Waals surface area contributed by atoms with Gasteiger partial charge in [-0.3, -0.25) is 24.5 Å². The molecule has 0 aliphatic carbocycles. The molecule has 14 heteroatoms. The summed E-state index contributed by atoms with van der Waals surface area (Å²) in [5.74, 6) is -1.71. The molecule has 3 heterocycles. The number of anilines is 2. The number of ether oxygens (including phenoxy) is 1. The van der Waals surface area contributed by atoms with E-state index in [4.69, 9.17) is 4.74 Å². The number of halogens is 1. The molecule has 0 aromatic heterocycles. The normalized spacial score (nSPS) is 24.2. The second-order valence-corrected chi connectivity index (χ2v) is 18.0. The lowest BCUT2D eigenvalue weighted by molar-refractivity contribution is -0.385. The van der Waals surface area contributed by atoms with E-state index in [0.29, 0.717) is 11.4 Å². The number of nitro benzene ring substituents is 1. The Hall–Kier alpha value is -4.50. The Bertz CT molecular complexity index is 1780. The first-order chi connectivity index (χ1) is 24.3. The molecule has 12 nitrogen and oxygen atoms in total. The fourth-order valence-electron chi connectivity index (χ4n) is 8.04. The molecule has 3 aliphatic heterocycles. The van der Waals surface area contributed by atoms with Gasteiger partial charge < -0.3 is 34.4 Å². The quantitative estimate of drug-likeness (QED) is 0.102. The summed E-state index contributed by atoms with van der Waals surface area (Å²) in [7, 11) is -3.64. The van der Waals surface area contributed by atoms with Gasteiger partial charge in [-0.05, 0) is 61.8 Å². The Kier molecular flexibility index (Phi) is 10.4. The van der Waals surface area contributed by atoms with E-state index in [2.05, 4.69) is 10.6 Å². The molecule has 3 N–H and O–H groups in total. The second kappa shape index (κ2) is 14.6. The summed E-state index contributed by atoms with van der Waals surface area (Å²) in [5.41, 5.74) is 0.0836. The maximum Gasteiger partial charge on any atom is 0.269 e. The lowest BCUT2D eigenvalue weighted by Gasteiger charge is -2.31. The van der Waals surface area contributed by atoms with Crippen molar-refractivity contribution < 1.29 is 33.3 Å². The molecule has 3 aromatic carbocycles. The van der Waals surface area contributed by atoms with Crippen molar-refractivity contribution in [3.05, 3.63) is 99.6 Å². The van der Waals surface area contributed by atoms with Crippen LogP contribution in [0, 0.1) is 16.0 Å². The number of non-ortho nitro benzene ring substituents is 1. The fraction of sp³-hybridized carbons (Fsp3) is 0.432. The number of aliphatic hydroxyl groups is 1. The number of nitro groups is 1. The summed E-state index contributed by atoms with van der Waals surface area (Å²) >= 11 is 0. The highest BCUT2D eigenvalue weighted by molar-refractivity contribution is 6.72. The number of benzene rings is 3. The number of rotatable bonds is 12. The van der Waals surface area contributed by atoms with E-state index in [-0.39, 0.29) is 61.8 Å². The monoisotopic (exact) mass is 717 g/mol. The fourth-order valence-corrected chi connectivity index (χ4v) is 10.5. The van der Waals surface area contributed by atoms with Crippen molar-refractivity contribution in [2.45, 2.75) is 75.7 Å². The molecular weight excluding hydrogens is 674 g/mol. The third-order valence-corrected chi connectivity index (χ3v) is 12.9. The Labute approximate surface area is 297 Å². The Morgan fingerprint density at radius 3 is 2.49 bits per heavy atom. The van der Waals surface area contributed by atoms with Crippen molar-refractivity contribution in [1.82, 2.24) is 10.2 Å². The van der Waals surface area contributed by atoms with Crippen LogP contribution in [0.5, 0.6) is 0 Å². The van der Waals surface area contributed by atoms with Gasteiger partial charge in [-0.1, -0.05) is 49.4 Å². The molecule has 51 heavy (non-hydrogen) atoms. The van der Waals surface area contributed by atoms with Gasteiger partial charge in [-0.25, -0.2) is 0 Å². The van der Waals surface area contributed by atoms with Gasteiger partial charge in [0.15, 0.2) is 5.60 Å². The number of hydrogen-bond donors (Lipinski definition) is 3. The van der Waals surface area contributed by atoms with Gasteiger partial charge >= 0.3 is 0 Å². The van der Waals surface area contributed by atoms with Crippen LogP contribution in [0.1, 0.15) is 42.9 Å². The topological polar surface area (TPSA) is 154 Å². The van der Waals surface area contributed by atoms with E-state index in [1.807, 2.05) is 30.3 Å². The molecule has 2 fully saturated rings. The Balaban J connectivity index is 1.30. The van der Waals surface area contributed by atoms with Crippen LogP contribution in [-0.4, -0.2) is 72.9 Å². The molecule has 270 valence electrons. The summed E-state index contributed by atoms with van der Waals surface area (Å²) in [4.78, 5) is 55.6. The van der Waals surface area contributed by atoms with Crippen LogP contribution in [-0.2, 0) is 37.8 Å². The van der Waals surface area contributed by atoms with E-state index >= 15 is 4.11 Å². The van der Waals surface area contributed by atoms with Crippen molar-refractivity contribution in [1.29, 1.82) is 0 Å². The molecule has 3 amide bonds. The van der Waals surface area contributed by atoms with Crippen molar-refractivity contribution in [2.24, 2.45) is 5.92 Å². The minimum Gasteiger partial charge on any atom is -0.395 e. The molecule has 6 rings (SSSR count). The predicted octanol–water partition coefficient (Wildman–Crippen LogP) is 5.02. The lowest BCUT2D eigenvalue weighted by Crippen LogP contribution is -2.45. The van der Waals surface area contributed by atoms with Crippen molar-refractivity contribution in [2.75, 3.05) is 29.9 Å². The standard InChI is InChI=1S/C37H44FN5O7Si/c1-24-34(51(2,3)38)32(21-33(45)41(18-19-44)22-25-8-5-4-6-9-25)50-37(24)29-20-28(43(48)49)15-16-31(29)42(36(37)47)23-26-11-13-27(14-12-26)40-35(46)30-10-7-17-39-30/h4-6,8-9,11-16,20,24,30,32,34,39,44H,7,10,17-19,21-23H2,1-3H3,(H,40,46)/t24-,30+,32+,34-,37+/m0/s1. The van der Waals surface area contributed by atoms with Crippen LogP contribution in [0.3, 0.4) is 0 Å². The van der Waals surface area contributed by atoms with Crippen LogP contribution in [0.25, 0.3) is 0 Å². The van der Waals surface area contributed by atoms with Gasteiger partial charge in [0.25, 0.3) is 11.6 Å². The van der Waals surface area contributed by atoms with Crippen LogP contribution in [0.15, 0.2) is 72.8 Å². The molecule has 5 atom stereocenters. The number of nitrogens with zero attached hydrogens (tertiary/aromatic N) is 3. The number of nitrogens with one attached hydrogen (secondary N) is 2. The number of fused-ring (bicyclic) bond motifs is 2. The molecule has 3 aliphatic rings. The zero-order valence-corrected chi connectivity index (χ0v) is 30.0. The average molecular weight is 718 g/mol. The smallest absolute Gasteiger partial charge is 0.269 e. The minimum absolute atomic E-state index is 0.0595. The molecule has 1 spiro atoms. The zero-order chi connectivity index (χ0) is 36.5. The highest BCUT2D eigenvalue weighted by atomic mass is 28.4. The third kappa shape index (κ3) is 7.18. The number of amides is 3. The first-order valence-electron chi connectivity index (χ1n) is 17.4. The minimum atomic E-state index is -3.64. The predicted molar refractivity (Wildman–Crippen MR) is 192 cm³/mol. The Morgan fingerprint density at radius 2 is 1.86 bits per heavy atom. The Morgan fingerprint density at radius 1 is 1.14 bits per heavy atom. The number of aliphatic hydroxyl groups excluding tert-OH is 1. The highest BCUT2D eigenvalue weighted by Crippen LogP contribution is 2.60. The van der Waals surface area contributed by atoms with Gasteiger partial charge in [-0.15, -0.1) is 0 Å². The third-order valence-electron chi connectivity index (χ3n) is 10.4. The largest absolute Gasteiger partial charge is 0.395 e. The number of carbonyl (C=O) groups is 3. The second-order valence-electron chi connectivity index (χ2n) is 14.2. The number of hydrogen-bond acceptors (Lipinski definition) is 8. The highest BCUT2D eigenvalue weighted by Gasteiger charge is 2.67. The van der Waals surface area contributed by atoms with Crippen molar-refractivity contribution in [3.8, 4) is 0 Å². The van der Waals surface area contributed by atoms with Gasteiger partial charge in [0.05, 0.1) is 42.3 Å². The summed E-state index contributed by atoms with van der Waals surface area (Å²) < 4.78 is 23.1. The summed E-state index contributed by atoms with van der Waals surface area (Å²) in [6.45, 7) is 5.70. The van der Waals surface area contributed by atoms with Crippen LogP contribution in [0.2, 0.25) is 18.6 Å². The van der Waals surface area contributed by atoms with Gasteiger partial charge in [0.2, 0.25) is 20.2 Å². The first kappa shape index (κ1) is 36.3. The SMILES string of the molecule is C[C@H]1[C@H]([Si](C)(C)F)[C@@H](CC(=O)N(CCO)Cc2ccccc2)O[C@]12C(=O)N(Cc1ccc(NC(=O)[C@H]3CCCN3)cc1)c1ccc([N+](=O)[O-])cc12. The molecular formula is C37H44FN5O7Si. The van der Waals surface area contributed by atoms with E-state index < -0.39 is 42.4 Å². The first-order valence-corrected chi connectivity index (χ1v) is 20.3. The molecule has 2 saturated heterocycles. The van der Waals surface area contributed by atoms with Crippen molar-refractivity contribution >= 4 is 43.2 Å². The summed E-state index contributed by atoms with van der Waals surface area (Å²) in [5, 5.41) is 27.8. The molecule has 3 aromatic rings. The molecule has 0 radical (unpaired) electrons. The number of carbonyl (C=O) groups excluding carboxylic acids is 3. The van der Waals surface area contributed by atoms with E-state index in [0.717, 1.165) is 30.5 Å².